The molecule has 0 radical (unpaired) electrons. The molecule has 0 aromatic heterocycles. The van der Waals surface area contributed by atoms with E-state index in [4.69, 9.17) is 9.47 Å². The van der Waals surface area contributed by atoms with Crippen molar-refractivity contribution in [3.8, 4) is 5.75 Å². The summed E-state index contributed by atoms with van der Waals surface area (Å²) >= 11 is 3.97. The van der Waals surface area contributed by atoms with Crippen LogP contribution in [0.4, 0.5) is 0 Å². The molecule has 2 bridgehead atoms. The van der Waals surface area contributed by atoms with Crippen LogP contribution in [0.25, 0.3) is 0 Å². The first-order chi connectivity index (χ1) is 15.3. The van der Waals surface area contributed by atoms with Gasteiger partial charge < -0.3 is 19.7 Å². The number of cyclic esters (lactones) is 1. The van der Waals surface area contributed by atoms with Gasteiger partial charge in [-0.05, 0) is 101 Å². The van der Waals surface area contributed by atoms with Gasteiger partial charge in [0, 0.05) is 4.83 Å². The van der Waals surface area contributed by atoms with Gasteiger partial charge in [-0.2, -0.15) is 0 Å². The molecule has 2 N–H and O–H groups in total. The van der Waals surface area contributed by atoms with Gasteiger partial charge in [-0.3, -0.25) is 0 Å². The van der Waals surface area contributed by atoms with E-state index >= 15 is 0 Å². The average molecular weight is 521 g/mol. The minimum atomic E-state index is -1.17. The van der Waals surface area contributed by atoms with E-state index in [0.717, 1.165) is 31.2 Å². The Hall–Kier alpha value is -1.37. The molecule has 1 saturated heterocycles. The number of ether oxygens (including phenoxy) is 2. The van der Waals surface area contributed by atoms with E-state index in [2.05, 4.69) is 36.4 Å². The van der Waals surface area contributed by atoms with E-state index in [1.54, 1.807) is 32.0 Å². The normalized spacial score (nSPS) is 37.8. The van der Waals surface area contributed by atoms with Crippen LogP contribution in [0.15, 0.2) is 30.4 Å². The number of halogens is 1. The van der Waals surface area contributed by atoms with E-state index in [9.17, 15) is 15.0 Å². The number of rotatable bonds is 1. The number of carbonyl (C=O) groups excluding carboxylic acids is 1. The van der Waals surface area contributed by atoms with Gasteiger partial charge in [-0.1, -0.05) is 35.0 Å². The molecule has 6 heteroatoms. The highest BCUT2D eigenvalue weighted by Gasteiger charge is 2.54. The number of hydrogen-bond acceptors (Lipinski definition) is 5. The van der Waals surface area contributed by atoms with E-state index in [1.165, 1.54) is 5.57 Å². The SMILES string of the molecule is C=C1CC[C@H](Br)[C@@]2(C)CC[C@H]3O[C@@]3(C)CC[C@@H](C(C)(C)O)OC(=O)c3ccc(O)c(c3)C[C@H]12. The number of phenolic OH excluding ortho intramolecular Hbond substituents is 1. The number of benzene rings is 1. The second-order valence-electron chi connectivity index (χ2n) is 11.3. The predicted molar refractivity (Wildman–Crippen MR) is 132 cm³/mol. The molecule has 0 amide bonds. The summed E-state index contributed by atoms with van der Waals surface area (Å²) in [6, 6.07) is 4.90. The van der Waals surface area contributed by atoms with Crippen molar-refractivity contribution in [3.63, 3.8) is 0 Å². The first-order valence-corrected chi connectivity index (χ1v) is 13.0. The Morgan fingerprint density at radius 2 is 1.91 bits per heavy atom. The predicted octanol–water partition coefficient (Wildman–Crippen LogP) is 5.70. The molecule has 2 heterocycles. The van der Waals surface area contributed by atoms with Gasteiger partial charge >= 0.3 is 5.97 Å². The molecule has 3 aliphatic rings. The number of aromatic hydroxyl groups is 1. The first-order valence-electron chi connectivity index (χ1n) is 12.1. The van der Waals surface area contributed by atoms with Gasteiger partial charge in [-0.25, -0.2) is 4.79 Å². The largest absolute Gasteiger partial charge is 0.508 e. The monoisotopic (exact) mass is 520 g/mol. The van der Waals surface area contributed by atoms with Crippen molar-refractivity contribution in [2.45, 2.75) is 101 Å². The lowest BCUT2D eigenvalue weighted by Crippen LogP contribution is -2.42. The van der Waals surface area contributed by atoms with Crippen molar-refractivity contribution in [3.05, 3.63) is 41.5 Å². The fourth-order valence-electron chi connectivity index (χ4n) is 5.79. The molecule has 0 spiro atoms. The second kappa shape index (κ2) is 8.69. The van der Waals surface area contributed by atoms with Crippen LogP contribution >= 0.6 is 15.9 Å². The number of phenols is 1. The van der Waals surface area contributed by atoms with Crippen molar-refractivity contribution < 1.29 is 24.5 Å². The highest BCUT2D eigenvalue weighted by molar-refractivity contribution is 9.09. The number of hydrogen-bond donors (Lipinski definition) is 2. The Balaban J connectivity index is 1.72. The van der Waals surface area contributed by atoms with Crippen LogP contribution in [-0.4, -0.2) is 44.4 Å². The number of epoxide rings is 1. The van der Waals surface area contributed by atoms with Gasteiger partial charge in [0.15, 0.2) is 0 Å². The summed E-state index contributed by atoms with van der Waals surface area (Å²) in [6.45, 7) is 12.2. The summed E-state index contributed by atoms with van der Waals surface area (Å²) < 4.78 is 11.9. The molecule has 6 atom stereocenters. The average Bonchev–Trinajstić information content (AvgIpc) is 3.39. The van der Waals surface area contributed by atoms with Crippen molar-refractivity contribution in [2.75, 3.05) is 0 Å². The number of esters is 1. The van der Waals surface area contributed by atoms with Crippen LogP contribution in [0, 0.1) is 11.3 Å². The standard InChI is InChI=1S/C27H37BrO5/c1-16-6-9-21(28)26(4)12-10-23-27(5,33-23)13-11-22(25(2,3)31)32-24(30)17-7-8-20(29)18(14-17)15-19(16)26/h7-8,14,19,21-23,29,31H,1,6,9-13,15H2,2-5H3/t19-,21+,22+,23-,26+,27+/m1/s1. The number of fused-ring (bicyclic) bond motifs is 4. The first kappa shape index (κ1) is 24.7. The number of alkyl halides is 1. The molecular weight excluding hydrogens is 484 g/mol. The molecule has 1 aromatic rings. The minimum Gasteiger partial charge on any atom is -0.508 e. The zero-order valence-electron chi connectivity index (χ0n) is 20.2. The maximum absolute atomic E-state index is 13.0. The molecular formula is C27H37BrO5. The molecule has 182 valence electrons. The molecule has 33 heavy (non-hydrogen) atoms. The van der Waals surface area contributed by atoms with E-state index in [0.29, 0.717) is 29.7 Å². The van der Waals surface area contributed by atoms with Gasteiger partial charge in [0.1, 0.15) is 11.9 Å². The van der Waals surface area contributed by atoms with Crippen LogP contribution < -0.4 is 0 Å². The fourth-order valence-corrected chi connectivity index (χ4v) is 6.57. The summed E-state index contributed by atoms with van der Waals surface area (Å²) in [6.07, 6.45) is 5.26. The van der Waals surface area contributed by atoms with Crippen LogP contribution in [0.5, 0.6) is 5.75 Å². The Labute approximate surface area is 205 Å². The summed E-state index contributed by atoms with van der Waals surface area (Å²) in [5.74, 6) is -0.132. The molecule has 1 aliphatic carbocycles. The lowest BCUT2D eigenvalue weighted by molar-refractivity contribution is -0.0694. The number of allylic oxidation sites excluding steroid dienone is 1. The van der Waals surface area contributed by atoms with Gasteiger partial charge in [0.25, 0.3) is 0 Å². The summed E-state index contributed by atoms with van der Waals surface area (Å²) in [5.41, 5.74) is 0.842. The van der Waals surface area contributed by atoms with Crippen molar-refractivity contribution in [1.29, 1.82) is 0 Å². The van der Waals surface area contributed by atoms with Crippen LogP contribution in [0.1, 0.15) is 82.1 Å². The Morgan fingerprint density at radius 3 is 2.61 bits per heavy atom. The molecule has 1 saturated carbocycles. The molecule has 1 aromatic carbocycles. The van der Waals surface area contributed by atoms with Crippen molar-refractivity contribution >= 4 is 21.9 Å². The Kier molecular flexibility index (Phi) is 6.52. The summed E-state index contributed by atoms with van der Waals surface area (Å²) in [5, 5.41) is 21.3. The van der Waals surface area contributed by atoms with Gasteiger partial charge in [0.05, 0.1) is 22.9 Å². The van der Waals surface area contributed by atoms with Crippen molar-refractivity contribution in [1.82, 2.24) is 0 Å². The second-order valence-corrected chi connectivity index (χ2v) is 12.4. The maximum atomic E-state index is 13.0. The number of aliphatic hydroxyl groups is 1. The maximum Gasteiger partial charge on any atom is 0.338 e. The smallest absolute Gasteiger partial charge is 0.338 e. The third-order valence-electron chi connectivity index (χ3n) is 8.38. The summed E-state index contributed by atoms with van der Waals surface area (Å²) in [4.78, 5) is 13.4. The van der Waals surface area contributed by atoms with E-state index < -0.39 is 17.7 Å². The highest BCUT2D eigenvalue weighted by atomic mass is 79.9. The van der Waals surface area contributed by atoms with Crippen molar-refractivity contribution in [2.24, 2.45) is 11.3 Å². The Bertz CT molecular complexity index is 937. The molecule has 5 nitrogen and oxygen atoms in total. The van der Waals surface area contributed by atoms with Crippen LogP contribution in [0.3, 0.4) is 0 Å². The molecule has 2 fully saturated rings. The van der Waals surface area contributed by atoms with Crippen LogP contribution in [0.2, 0.25) is 0 Å². The highest BCUT2D eigenvalue weighted by Crippen LogP contribution is 2.54. The zero-order valence-corrected chi connectivity index (χ0v) is 21.8. The fraction of sp³-hybridized carbons (Fsp3) is 0.667. The lowest BCUT2D eigenvalue weighted by atomic mass is 9.61. The van der Waals surface area contributed by atoms with E-state index in [-0.39, 0.29) is 28.8 Å². The third-order valence-corrected chi connectivity index (χ3v) is 9.89. The molecule has 2 aliphatic heterocycles. The van der Waals surface area contributed by atoms with Gasteiger partial charge in [0.2, 0.25) is 0 Å². The zero-order chi connectivity index (χ0) is 24.2. The topological polar surface area (TPSA) is 79.3 Å². The molecule has 4 rings (SSSR count). The Morgan fingerprint density at radius 1 is 1.18 bits per heavy atom. The van der Waals surface area contributed by atoms with E-state index in [1.807, 2.05) is 0 Å². The summed E-state index contributed by atoms with van der Waals surface area (Å²) in [7, 11) is 0. The van der Waals surface area contributed by atoms with Gasteiger partial charge in [-0.15, -0.1) is 0 Å². The quantitative estimate of drug-likeness (QED) is 0.215. The lowest BCUT2D eigenvalue weighted by Gasteiger charge is -2.47. The van der Waals surface area contributed by atoms with Crippen LogP contribution in [-0.2, 0) is 15.9 Å². The third kappa shape index (κ3) is 4.89. The minimum absolute atomic E-state index is 0.0407. The molecule has 0 unspecified atom stereocenters. The number of carbonyl (C=O) groups is 1.